The lowest BCUT2D eigenvalue weighted by atomic mass is 9.97. The van der Waals surface area contributed by atoms with Crippen LogP contribution in [-0.2, 0) is 4.79 Å². The van der Waals surface area contributed by atoms with Crippen LogP contribution in [0.2, 0.25) is 0 Å². The zero-order valence-electron chi connectivity index (χ0n) is 12.7. The number of aromatic amines is 1. The molecule has 0 bridgehead atoms. The maximum Gasteiger partial charge on any atom is 0.236 e. The van der Waals surface area contributed by atoms with E-state index in [1.807, 2.05) is 35.2 Å². The van der Waals surface area contributed by atoms with E-state index in [0.29, 0.717) is 18.9 Å². The fourth-order valence-corrected chi connectivity index (χ4v) is 2.86. The van der Waals surface area contributed by atoms with E-state index in [9.17, 15) is 4.79 Å². The molecule has 1 atom stereocenters. The number of H-pyrrole nitrogens is 1. The molecule has 0 radical (unpaired) electrons. The Bertz CT molecular complexity index is 624. The number of carbonyl (C=O) groups excluding carboxylic acids is 1. The number of carbonyl (C=O) groups is 1. The first-order valence-corrected chi connectivity index (χ1v) is 7.68. The number of piperidine rings is 1. The van der Waals surface area contributed by atoms with Crippen molar-refractivity contribution in [1.29, 1.82) is 0 Å². The minimum atomic E-state index is 0.148. The van der Waals surface area contributed by atoms with E-state index < -0.39 is 0 Å². The van der Waals surface area contributed by atoms with E-state index in [-0.39, 0.29) is 11.8 Å². The summed E-state index contributed by atoms with van der Waals surface area (Å²) >= 11 is 0. The minimum Gasteiger partial charge on any atom is -0.341 e. The highest BCUT2D eigenvalue weighted by Gasteiger charge is 2.26. The molecular formula is C16H21N5O. The zero-order valence-corrected chi connectivity index (χ0v) is 12.7. The molecule has 2 N–H and O–H groups in total. The van der Waals surface area contributed by atoms with E-state index in [2.05, 4.69) is 20.5 Å². The predicted molar refractivity (Wildman–Crippen MR) is 84.3 cm³/mol. The van der Waals surface area contributed by atoms with Gasteiger partial charge >= 0.3 is 0 Å². The molecule has 1 aromatic heterocycles. The fraction of sp³-hybridized carbons (Fsp3) is 0.438. The largest absolute Gasteiger partial charge is 0.341 e. The lowest BCUT2D eigenvalue weighted by Crippen LogP contribution is -2.43. The van der Waals surface area contributed by atoms with Gasteiger partial charge in [-0.1, -0.05) is 30.3 Å². The van der Waals surface area contributed by atoms with Crippen LogP contribution in [0.25, 0.3) is 11.4 Å². The van der Waals surface area contributed by atoms with E-state index in [1.54, 1.807) is 7.05 Å². The Morgan fingerprint density at radius 1 is 1.41 bits per heavy atom. The molecule has 2 heterocycles. The highest BCUT2D eigenvalue weighted by atomic mass is 16.2. The standard InChI is InChI=1S/C16H21N5O/c1-17-10-14(22)21-9-5-8-13(11-21)16-18-15(19-20-16)12-6-3-2-4-7-12/h2-4,6-7,13,17H,5,8-11H2,1H3,(H,18,19,20). The molecule has 22 heavy (non-hydrogen) atoms. The quantitative estimate of drug-likeness (QED) is 0.895. The molecule has 1 amide bonds. The number of hydrogen-bond donors (Lipinski definition) is 2. The Morgan fingerprint density at radius 3 is 3.00 bits per heavy atom. The van der Waals surface area contributed by atoms with Gasteiger partial charge in [0.15, 0.2) is 5.82 Å². The van der Waals surface area contributed by atoms with Gasteiger partial charge in [0, 0.05) is 24.6 Å². The van der Waals surface area contributed by atoms with Crippen LogP contribution in [0.3, 0.4) is 0 Å². The molecule has 2 aromatic rings. The first-order valence-electron chi connectivity index (χ1n) is 7.68. The molecule has 6 nitrogen and oxygen atoms in total. The molecule has 1 aliphatic heterocycles. The van der Waals surface area contributed by atoms with Crippen LogP contribution in [0.4, 0.5) is 0 Å². The van der Waals surface area contributed by atoms with Crippen molar-refractivity contribution in [3.8, 4) is 11.4 Å². The summed E-state index contributed by atoms with van der Waals surface area (Å²) in [6.07, 6.45) is 2.04. The van der Waals surface area contributed by atoms with Crippen molar-refractivity contribution in [3.05, 3.63) is 36.2 Å². The van der Waals surface area contributed by atoms with Gasteiger partial charge in [-0.05, 0) is 19.9 Å². The molecular weight excluding hydrogens is 278 g/mol. The molecule has 3 rings (SSSR count). The monoisotopic (exact) mass is 299 g/mol. The van der Waals surface area contributed by atoms with Gasteiger partial charge < -0.3 is 10.2 Å². The van der Waals surface area contributed by atoms with E-state index >= 15 is 0 Å². The average molecular weight is 299 g/mol. The van der Waals surface area contributed by atoms with Crippen LogP contribution in [-0.4, -0.2) is 52.7 Å². The summed E-state index contributed by atoms with van der Waals surface area (Å²) in [7, 11) is 1.79. The number of likely N-dealkylation sites (tertiary alicyclic amines) is 1. The third kappa shape index (κ3) is 3.17. The average Bonchev–Trinajstić information content (AvgIpc) is 3.06. The molecule has 1 fully saturated rings. The Labute approximate surface area is 129 Å². The van der Waals surface area contributed by atoms with Crippen LogP contribution in [0.5, 0.6) is 0 Å². The maximum absolute atomic E-state index is 12.0. The number of nitrogens with zero attached hydrogens (tertiary/aromatic N) is 3. The SMILES string of the molecule is CNCC(=O)N1CCCC(c2nc(-c3ccccc3)n[nH]2)C1. The van der Waals surface area contributed by atoms with Crippen molar-refractivity contribution >= 4 is 5.91 Å². The number of benzene rings is 1. The normalized spacial score (nSPS) is 18.4. The van der Waals surface area contributed by atoms with Crippen LogP contribution >= 0.6 is 0 Å². The van der Waals surface area contributed by atoms with Gasteiger partial charge in [-0.15, -0.1) is 0 Å². The highest BCUT2D eigenvalue weighted by Crippen LogP contribution is 2.26. The van der Waals surface area contributed by atoms with Gasteiger partial charge in [0.05, 0.1) is 6.54 Å². The first kappa shape index (κ1) is 14.7. The summed E-state index contributed by atoms with van der Waals surface area (Å²) in [6, 6.07) is 9.92. The second kappa shape index (κ2) is 6.70. The molecule has 1 aromatic carbocycles. The third-order valence-corrected chi connectivity index (χ3v) is 4.02. The fourth-order valence-electron chi connectivity index (χ4n) is 2.86. The molecule has 1 saturated heterocycles. The van der Waals surface area contributed by atoms with Gasteiger partial charge in [0.2, 0.25) is 5.91 Å². The summed E-state index contributed by atoms with van der Waals surface area (Å²) in [5.41, 5.74) is 1.00. The zero-order chi connectivity index (χ0) is 15.4. The Kier molecular flexibility index (Phi) is 4.48. The topological polar surface area (TPSA) is 73.9 Å². The van der Waals surface area contributed by atoms with Gasteiger partial charge in [-0.25, -0.2) is 4.98 Å². The van der Waals surface area contributed by atoms with Gasteiger partial charge in [-0.2, -0.15) is 5.10 Å². The minimum absolute atomic E-state index is 0.148. The summed E-state index contributed by atoms with van der Waals surface area (Å²) in [5, 5.41) is 10.3. The number of likely N-dealkylation sites (N-methyl/N-ethyl adjacent to an activating group) is 1. The lowest BCUT2D eigenvalue weighted by molar-refractivity contribution is -0.131. The summed E-state index contributed by atoms with van der Waals surface area (Å²) < 4.78 is 0. The van der Waals surface area contributed by atoms with Gasteiger partial charge in [0.1, 0.15) is 5.82 Å². The van der Waals surface area contributed by atoms with E-state index in [4.69, 9.17) is 0 Å². The number of nitrogens with one attached hydrogen (secondary N) is 2. The van der Waals surface area contributed by atoms with E-state index in [1.165, 1.54) is 0 Å². The Hall–Kier alpha value is -2.21. The van der Waals surface area contributed by atoms with Crippen LogP contribution in [0.15, 0.2) is 30.3 Å². The Morgan fingerprint density at radius 2 is 2.23 bits per heavy atom. The van der Waals surface area contributed by atoms with Crippen molar-refractivity contribution in [1.82, 2.24) is 25.4 Å². The maximum atomic E-state index is 12.0. The molecule has 0 spiro atoms. The molecule has 0 saturated carbocycles. The number of rotatable bonds is 4. The van der Waals surface area contributed by atoms with Crippen LogP contribution < -0.4 is 5.32 Å². The summed E-state index contributed by atoms with van der Waals surface area (Å²) in [6.45, 7) is 1.93. The number of hydrogen-bond acceptors (Lipinski definition) is 4. The van der Waals surface area contributed by atoms with E-state index in [0.717, 1.165) is 30.8 Å². The summed E-state index contributed by atoms with van der Waals surface area (Å²) in [4.78, 5) is 18.6. The number of amides is 1. The highest BCUT2D eigenvalue weighted by molar-refractivity contribution is 5.78. The van der Waals surface area contributed by atoms with Crippen LogP contribution in [0, 0.1) is 0 Å². The predicted octanol–water partition coefficient (Wildman–Crippen LogP) is 1.40. The van der Waals surface area contributed by atoms with Crippen molar-refractivity contribution in [2.24, 2.45) is 0 Å². The molecule has 116 valence electrons. The van der Waals surface area contributed by atoms with Crippen molar-refractivity contribution in [3.63, 3.8) is 0 Å². The third-order valence-electron chi connectivity index (χ3n) is 4.02. The van der Waals surface area contributed by atoms with Crippen molar-refractivity contribution in [2.45, 2.75) is 18.8 Å². The number of aromatic nitrogens is 3. The molecule has 1 aliphatic rings. The van der Waals surface area contributed by atoms with Gasteiger partial charge in [-0.3, -0.25) is 9.89 Å². The second-order valence-corrected chi connectivity index (χ2v) is 5.62. The van der Waals surface area contributed by atoms with Gasteiger partial charge in [0.25, 0.3) is 0 Å². The Balaban J connectivity index is 1.72. The first-order chi connectivity index (χ1) is 10.8. The van der Waals surface area contributed by atoms with Crippen molar-refractivity contribution in [2.75, 3.05) is 26.7 Å². The molecule has 0 aliphatic carbocycles. The lowest BCUT2D eigenvalue weighted by Gasteiger charge is -2.31. The molecule has 6 heteroatoms. The van der Waals surface area contributed by atoms with Crippen molar-refractivity contribution < 1.29 is 4.79 Å². The summed E-state index contributed by atoms with van der Waals surface area (Å²) in [5.74, 6) is 1.98. The second-order valence-electron chi connectivity index (χ2n) is 5.62. The molecule has 1 unspecified atom stereocenters. The van der Waals surface area contributed by atoms with Crippen LogP contribution in [0.1, 0.15) is 24.6 Å². The smallest absolute Gasteiger partial charge is 0.236 e.